The van der Waals surface area contributed by atoms with E-state index in [0.717, 1.165) is 12.0 Å². The Morgan fingerprint density at radius 1 is 1.15 bits per heavy atom. The molecule has 0 unspecified atom stereocenters. The number of imidazole rings is 1. The summed E-state index contributed by atoms with van der Waals surface area (Å²) < 4.78 is 17.1. The van der Waals surface area contributed by atoms with Crippen molar-refractivity contribution >= 4 is 11.0 Å². The van der Waals surface area contributed by atoms with Gasteiger partial charge >= 0.3 is 5.69 Å². The van der Waals surface area contributed by atoms with Crippen LogP contribution in [0.5, 0.6) is 0 Å². The number of aliphatic hydroxyl groups excluding tert-OH is 1. The molecular formula is C20H24FN3O2. The van der Waals surface area contributed by atoms with Gasteiger partial charge in [0.2, 0.25) is 0 Å². The number of aliphatic hydroxyl groups is 1. The van der Waals surface area contributed by atoms with Gasteiger partial charge in [-0.3, -0.25) is 9.13 Å². The number of fused-ring (bicyclic) bond motifs is 1. The van der Waals surface area contributed by atoms with E-state index in [4.69, 9.17) is 0 Å². The van der Waals surface area contributed by atoms with E-state index in [1.807, 2.05) is 37.3 Å². The van der Waals surface area contributed by atoms with Crippen LogP contribution in [0.25, 0.3) is 11.0 Å². The van der Waals surface area contributed by atoms with E-state index in [9.17, 15) is 14.3 Å². The SMILES string of the molecule is CCCn1c(=O)n([C@@H](c2ccccc2)[C@@H](O)CNC)c2cc(F)ccc21. The molecule has 0 aliphatic carbocycles. The van der Waals surface area contributed by atoms with Crippen LogP contribution in [0.1, 0.15) is 24.9 Å². The van der Waals surface area contributed by atoms with Crippen LogP contribution in [0.4, 0.5) is 4.39 Å². The van der Waals surface area contributed by atoms with Crippen molar-refractivity contribution in [2.24, 2.45) is 0 Å². The molecule has 0 aliphatic heterocycles. The molecule has 1 aromatic heterocycles. The molecule has 2 N–H and O–H groups in total. The molecule has 0 radical (unpaired) electrons. The molecule has 138 valence electrons. The second kappa shape index (κ2) is 7.85. The third kappa shape index (κ3) is 3.30. The summed E-state index contributed by atoms with van der Waals surface area (Å²) in [5, 5.41) is 13.7. The number of nitrogens with one attached hydrogen (secondary N) is 1. The highest BCUT2D eigenvalue weighted by Gasteiger charge is 2.27. The lowest BCUT2D eigenvalue weighted by atomic mass is 10.0. The molecule has 2 aromatic carbocycles. The number of nitrogens with zero attached hydrogens (tertiary/aromatic N) is 2. The number of aryl methyl sites for hydroxylation is 1. The molecule has 0 saturated heterocycles. The summed E-state index contributed by atoms with van der Waals surface area (Å²) in [4.78, 5) is 13.2. The van der Waals surface area contributed by atoms with Gasteiger partial charge in [0.25, 0.3) is 0 Å². The standard InChI is InChI=1S/C20H24FN3O2/c1-3-11-23-16-10-9-15(21)12-17(16)24(20(23)26)19(18(25)13-22-2)14-7-5-4-6-8-14/h4-10,12,18-19,22,25H,3,11,13H2,1-2H3/t18-,19-/m0/s1. The lowest BCUT2D eigenvalue weighted by Gasteiger charge is -2.25. The van der Waals surface area contributed by atoms with Crippen molar-refractivity contribution in [3.63, 3.8) is 0 Å². The molecule has 1 heterocycles. The Labute approximate surface area is 151 Å². The van der Waals surface area contributed by atoms with E-state index in [2.05, 4.69) is 5.32 Å². The van der Waals surface area contributed by atoms with Gasteiger partial charge in [-0.1, -0.05) is 37.3 Å². The minimum atomic E-state index is -0.843. The first-order chi connectivity index (χ1) is 12.6. The first-order valence-corrected chi connectivity index (χ1v) is 8.86. The predicted molar refractivity (Wildman–Crippen MR) is 101 cm³/mol. The van der Waals surface area contributed by atoms with E-state index >= 15 is 0 Å². The highest BCUT2D eigenvalue weighted by Crippen LogP contribution is 2.26. The van der Waals surface area contributed by atoms with Gasteiger partial charge in [0.1, 0.15) is 5.82 Å². The molecule has 0 fully saturated rings. The highest BCUT2D eigenvalue weighted by molar-refractivity contribution is 5.76. The fraction of sp³-hybridized carbons (Fsp3) is 0.350. The normalized spacial score (nSPS) is 13.8. The van der Waals surface area contributed by atoms with E-state index < -0.39 is 18.0 Å². The fourth-order valence-electron chi connectivity index (χ4n) is 3.48. The van der Waals surface area contributed by atoms with Crippen molar-refractivity contribution in [1.82, 2.24) is 14.5 Å². The van der Waals surface area contributed by atoms with Crippen LogP contribution >= 0.6 is 0 Å². The topological polar surface area (TPSA) is 59.2 Å². The van der Waals surface area contributed by atoms with Crippen LogP contribution in [0.2, 0.25) is 0 Å². The van der Waals surface area contributed by atoms with Gasteiger partial charge in [-0.25, -0.2) is 9.18 Å². The molecular weight excluding hydrogens is 333 g/mol. The number of hydrogen-bond donors (Lipinski definition) is 2. The molecule has 2 atom stereocenters. The quantitative estimate of drug-likeness (QED) is 0.683. The molecule has 0 spiro atoms. The maximum absolute atomic E-state index is 14.0. The summed E-state index contributed by atoms with van der Waals surface area (Å²) in [6.07, 6.45) is -0.0603. The summed E-state index contributed by atoms with van der Waals surface area (Å²) in [5.74, 6) is -0.408. The Kier molecular flexibility index (Phi) is 5.54. The first-order valence-electron chi connectivity index (χ1n) is 8.86. The Morgan fingerprint density at radius 3 is 2.54 bits per heavy atom. The maximum atomic E-state index is 14.0. The molecule has 3 rings (SSSR count). The highest BCUT2D eigenvalue weighted by atomic mass is 19.1. The molecule has 26 heavy (non-hydrogen) atoms. The average Bonchev–Trinajstić information content (AvgIpc) is 2.89. The number of benzene rings is 2. The van der Waals surface area contributed by atoms with Gasteiger partial charge in [0, 0.05) is 13.1 Å². The zero-order valence-corrected chi connectivity index (χ0v) is 15.0. The summed E-state index contributed by atoms with van der Waals surface area (Å²) in [6, 6.07) is 13.1. The third-order valence-electron chi connectivity index (χ3n) is 4.57. The Balaban J connectivity index is 2.30. The van der Waals surface area contributed by atoms with E-state index in [1.165, 1.54) is 16.7 Å². The monoisotopic (exact) mass is 357 g/mol. The predicted octanol–water partition coefficient (Wildman–Crippen LogP) is 2.52. The van der Waals surface area contributed by atoms with Gasteiger partial charge in [0.05, 0.1) is 23.2 Å². The molecule has 6 heteroatoms. The fourth-order valence-corrected chi connectivity index (χ4v) is 3.48. The molecule has 0 aliphatic rings. The molecule has 0 bridgehead atoms. The van der Waals surface area contributed by atoms with Gasteiger partial charge in [-0.05, 0) is 37.2 Å². The number of hydrogen-bond acceptors (Lipinski definition) is 3. The second-order valence-electron chi connectivity index (χ2n) is 6.42. The van der Waals surface area contributed by atoms with Crippen molar-refractivity contribution in [3.8, 4) is 0 Å². The van der Waals surface area contributed by atoms with Gasteiger partial charge in [-0.2, -0.15) is 0 Å². The summed E-state index contributed by atoms with van der Waals surface area (Å²) >= 11 is 0. The Bertz CT molecular complexity index is 933. The molecule has 0 saturated carbocycles. The Hall–Kier alpha value is -2.44. The lowest BCUT2D eigenvalue weighted by molar-refractivity contribution is 0.130. The lowest BCUT2D eigenvalue weighted by Crippen LogP contribution is -2.38. The van der Waals surface area contributed by atoms with Gasteiger partial charge in [0.15, 0.2) is 0 Å². The van der Waals surface area contributed by atoms with Crippen molar-refractivity contribution in [2.75, 3.05) is 13.6 Å². The molecule has 5 nitrogen and oxygen atoms in total. The zero-order valence-electron chi connectivity index (χ0n) is 15.0. The average molecular weight is 357 g/mol. The van der Waals surface area contributed by atoms with Crippen molar-refractivity contribution in [3.05, 3.63) is 70.4 Å². The summed E-state index contributed by atoms with van der Waals surface area (Å²) in [7, 11) is 1.74. The van der Waals surface area contributed by atoms with Crippen molar-refractivity contribution in [1.29, 1.82) is 0 Å². The van der Waals surface area contributed by atoms with Crippen LogP contribution in [-0.2, 0) is 6.54 Å². The van der Waals surface area contributed by atoms with Gasteiger partial charge < -0.3 is 10.4 Å². The van der Waals surface area contributed by atoms with Crippen LogP contribution < -0.4 is 11.0 Å². The number of aromatic nitrogens is 2. The van der Waals surface area contributed by atoms with Crippen molar-refractivity contribution in [2.45, 2.75) is 32.0 Å². The minimum absolute atomic E-state index is 0.239. The van der Waals surface area contributed by atoms with Crippen LogP contribution in [0.15, 0.2) is 53.3 Å². The van der Waals surface area contributed by atoms with E-state index in [1.54, 1.807) is 17.7 Å². The molecule has 0 amide bonds. The maximum Gasteiger partial charge on any atom is 0.329 e. The minimum Gasteiger partial charge on any atom is -0.389 e. The molecule has 3 aromatic rings. The Morgan fingerprint density at radius 2 is 1.88 bits per heavy atom. The van der Waals surface area contributed by atoms with Crippen LogP contribution in [0.3, 0.4) is 0 Å². The van der Waals surface area contributed by atoms with Crippen molar-refractivity contribution < 1.29 is 9.50 Å². The smallest absolute Gasteiger partial charge is 0.329 e. The number of rotatable bonds is 7. The first kappa shape index (κ1) is 18.4. The second-order valence-corrected chi connectivity index (χ2v) is 6.42. The van der Waals surface area contributed by atoms with E-state index in [-0.39, 0.29) is 5.69 Å². The van der Waals surface area contributed by atoms with Crippen LogP contribution in [-0.4, -0.2) is 33.9 Å². The zero-order chi connectivity index (χ0) is 18.7. The van der Waals surface area contributed by atoms with E-state index in [0.29, 0.717) is 24.1 Å². The number of halogens is 1. The van der Waals surface area contributed by atoms with Crippen LogP contribution in [0, 0.1) is 5.82 Å². The summed E-state index contributed by atoms with van der Waals surface area (Å²) in [5.41, 5.74) is 1.73. The third-order valence-corrected chi connectivity index (χ3v) is 4.57. The largest absolute Gasteiger partial charge is 0.389 e. The van der Waals surface area contributed by atoms with Gasteiger partial charge in [-0.15, -0.1) is 0 Å². The summed E-state index contributed by atoms with van der Waals surface area (Å²) in [6.45, 7) is 2.84. The number of likely N-dealkylation sites (N-methyl/N-ethyl adjacent to an activating group) is 1.